The van der Waals surface area contributed by atoms with Crippen LogP contribution in [0.2, 0.25) is 0 Å². The van der Waals surface area contributed by atoms with Crippen molar-refractivity contribution in [3.8, 4) is 0 Å². The van der Waals surface area contributed by atoms with Gasteiger partial charge >= 0.3 is 0 Å². The monoisotopic (exact) mass is 325 g/mol. The molecule has 2 N–H and O–H groups in total. The minimum Gasteiger partial charge on any atom is -0.339 e. The van der Waals surface area contributed by atoms with Gasteiger partial charge in [0.25, 0.3) is 0 Å². The standard InChI is InChI=1S/C19H23N3O2/c20-19(10-3-11-19)18-21-17(24-22-18)9-8-16(23)15-7-6-13-4-1-2-5-14(13)12-15/h6-7,12H,1-5,8-11,20H2. The summed E-state index contributed by atoms with van der Waals surface area (Å²) in [6.07, 6.45) is 8.46. The largest absolute Gasteiger partial charge is 0.339 e. The molecule has 2 aromatic rings. The highest BCUT2D eigenvalue weighted by Gasteiger charge is 2.38. The average molecular weight is 325 g/mol. The normalized spacial score (nSPS) is 18.7. The molecule has 5 nitrogen and oxygen atoms in total. The zero-order valence-corrected chi connectivity index (χ0v) is 13.9. The molecule has 0 amide bonds. The number of nitrogens with zero attached hydrogens (tertiary/aromatic N) is 2. The lowest BCUT2D eigenvalue weighted by atomic mass is 9.77. The molecule has 1 aromatic carbocycles. The van der Waals surface area contributed by atoms with E-state index in [4.69, 9.17) is 10.3 Å². The first-order valence-corrected chi connectivity index (χ1v) is 8.91. The highest BCUT2D eigenvalue weighted by atomic mass is 16.5. The maximum atomic E-state index is 12.5. The summed E-state index contributed by atoms with van der Waals surface area (Å²) in [4.78, 5) is 16.8. The van der Waals surface area contributed by atoms with Gasteiger partial charge in [-0.1, -0.05) is 17.3 Å². The summed E-state index contributed by atoms with van der Waals surface area (Å²) in [5.74, 6) is 1.23. The van der Waals surface area contributed by atoms with E-state index in [0.29, 0.717) is 24.6 Å². The first-order chi connectivity index (χ1) is 11.6. The molecule has 1 aromatic heterocycles. The van der Waals surface area contributed by atoms with Gasteiger partial charge in [0.2, 0.25) is 5.89 Å². The third-order valence-electron chi connectivity index (χ3n) is 5.40. The summed E-state index contributed by atoms with van der Waals surface area (Å²) in [5.41, 5.74) is 9.31. The molecule has 0 bridgehead atoms. The second kappa shape index (κ2) is 6.13. The number of carbonyl (C=O) groups excluding carboxylic acids is 1. The lowest BCUT2D eigenvalue weighted by Crippen LogP contribution is -2.44. The quantitative estimate of drug-likeness (QED) is 0.854. The molecule has 4 rings (SSSR count). The molecule has 0 spiro atoms. The Morgan fingerprint density at radius 2 is 1.96 bits per heavy atom. The van der Waals surface area contributed by atoms with E-state index in [1.165, 1.54) is 24.0 Å². The fourth-order valence-corrected chi connectivity index (χ4v) is 3.61. The van der Waals surface area contributed by atoms with Crippen LogP contribution in [0, 0.1) is 0 Å². The first-order valence-electron chi connectivity index (χ1n) is 8.91. The molecule has 0 atom stereocenters. The number of fused-ring (bicyclic) bond motifs is 1. The number of ketones is 1. The van der Waals surface area contributed by atoms with Crippen LogP contribution in [0.3, 0.4) is 0 Å². The molecule has 126 valence electrons. The Hall–Kier alpha value is -2.01. The van der Waals surface area contributed by atoms with Gasteiger partial charge in [-0.25, -0.2) is 0 Å². The van der Waals surface area contributed by atoms with Crippen molar-refractivity contribution < 1.29 is 9.32 Å². The number of Topliss-reactive ketones (excluding diaryl/α,β-unsaturated/α-hetero) is 1. The molecule has 24 heavy (non-hydrogen) atoms. The van der Waals surface area contributed by atoms with Crippen molar-refractivity contribution in [1.82, 2.24) is 10.1 Å². The van der Waals surface area contributed by atoms with Gasteiger partial charge in [-0.2, -0.15) is 4.98 Å². The summed E-state index contributed by atoms with van der Waals surface area (Å²) >= 11 is 0. The third kappa shape index (κ3) is 2.88. The van der Waals surface area contributed by atoms with Crippen LogP contribution in [-0.2, 0) is 24.8 Å². The van der Waals surface area contributed by atoms with Crippen molar-refractivity contribution in [1.29, 1.82) is 0 Å². The Morgan fingerprint density at radius 1 is 1.17 bits per heavy atom. The van der Waals surface area contributed by atoms with E-state index >= 15 is 0 Å². The third-order valence-corrected chi connectivity index (χ3v) is 5.40. The minimum atomic E-state index is -0.412. The zero-order chi connectivity index (χ0) is 16.6. The van der Waals surface area contributed by atoms with Gasteiger partial charge in [0.1, 0.15) is 0 Å². The highest BCUT2D eigenvalue weighted by molar-refractivity contribution is 5.96. The second-order valence-corrected chi connectivity index (χ2v) is 7.14. The summed E-state index contributed by atoms with van der Waals surface area (Å²) < 4.78 is 5.27. The van der Waals surface area contributed by atoms with Crippen LogP contribution in [0.25, 0.3) is 0 Å². The lowest BCUT2D eigenvalue weighted by molar-refractivity contribution is 0.0979. The molecule has 0 unspecified atom stereocenters. The zero-order valence-electron chi connectivity index (χ0n) is 13.9. The number of aromatic nitrogens is 2. The summed E-state index contributed by atoms with van der Waals surface area (Å²) in [6, 6.07) is 6.13. The number of rotatable bonds is 5. The van der Waals surface area contributed by atoms with Crippen LogP contribution in [0.4, 0.5) is 0 Å². The average Bonchev–Trinajstić information content (AvgIpc) is 3.06. The predicted octanol–water partition coefficient (Wildman–Crippen LogP) is 3.10. The van der Waals surface area contributed by atoms with Crippen molar-refractivity contribution in [2.45, 2.75) is 63.3 Å². The molecule has 2 aliphatic carbocycles. The van der Waals surface area contributed by atoms with E-state index in [-0.39, 0.29) is 5.78 Å². The summed E-state index contributed by atoms with van der Waals surface area (Å²) in [6.45, 7) is 0. The first kappa shape index (κ1) is 15.5. The van der Waals surface area contributed by atoms with Crippen molar-refractivity contribution in [3.05, 3.63) is 46.6 Å². The van der Waals surface area contributed by atoms with Crippen molar-refractivity contribution >= 4 is 5.78 Å². The summed E-state index contributed by atoms with van der Waals surface area (Å²) in [7, 11) is 0. The van der Waals surface area contributed by atoms with Gasteiger partial charge in [0.15, 0.2) is 11.6 Å². The second-order valence-electron chi connectivity index (χ2n) is 7.14. The van der Waals surface area contributed by atoms with Crippen molar-refractivity contribution in [2.75, 3.05) is 0 Å². The number of hydrogen-bond donors (Lipinski definition) is 1. The fourth-order valence-electron chi connectivity index (χ4n) is 3.61. The molecular weight excluding hydrogens is 302 g/mol. The van der Waals surface area contributed by atoms with E-state index < -0.39 is 5.54 Å². The van der Waals surface area contributed by atoms with E-state index in [0.717, 1.165) is 37.7 Å². The lowest BCUT2D eigenvalue weighted by Gasteiger charge is -2.34. The Bertz CT molecular complexity index is 762. The van der Waals surface area contributed by atoms with Gasteiger partial charge in [0, 0.05) is 18.4 Å². The molecular formula is C19H23N3O2. The van der Waals surface area contributed by atoms with Gasteiger partial charge < -0.3 is 10.3 Å². The topological polar surface area (TPSA) is 82.0 Å². The van der Waals surface area contributed by atoms with E-state index in [2.05, 4.69) is 22.3 Å². The molecule has 2 aliphatic rings. The van der Waals surface area contributed by atoms with E-state index in [1.54, 1.807) is 0 Å². The Kier molecular flexibility index (Phi) is 3.96. The van der Waals surface area contributed by atoms with Crippen LogP contribution < -0.4 is 5.73 Å². The van der Waals surface area contributed by atoms with Gasteiger partial charge in [-0.3, -0.25) is 4.79 Å². The van der Waals surface area contributed by atoms with E-state index in [9.17, 15) is 4.79 Å². The molecule has 0 saturated heterocycles. The van der Waals surface area contributed by atoms with Crippen LogP contribution in [-0.4, -0.2) is 15.9 Å². The Labute approximate surface area is 141 Å². The van der Waals surface area contributed by atoms with Crippen LogP contribution in [0.15, 0.2) is 22.7 Å². The number of nitrogens with two attached hydrogens (primary N) is 1. The molecule has 0 radical (unpaired) electrons. The minimum absolute atomic E-state index is 0.134. The molecule has 5 heteroatoms. The van der Waals surface area contributed by atoms with Crippen molar-refractivity contribution in [3.63, 3.8) is 0 Å². The smallest absolute Gasteiger partial charge is 0.227 e. The van der Waals surface area contributed by atoms with Crippen molar-refractivity contribution in [2.24, 2.45) is 5.73 Å². The molecule has 0 aliphatic heterocycles. The maximum absolute atomic E-state index is 12.5. The molecule has 1 heterocycles. The van der Waals surface area contributed by atoms with Crippen LogP contribution >= 0.6 is 0 Å². The van der Waals surface area contributed by atoms with Crippen LogP contribution in [0.5, 0.6) is 0 Å². The number of aryl methyl sites for hydroxylation is 3. The molecule has 1 saturated carbocycles. The van der Waals surface area contributed by atoms with Gasteiger partial charge in [-0.15, -0.1) is 0 Å². The summed E-state index contributed by atoms with van der Waals surface area (Å²) in [5, 5.41) is 4.00. The number of benzene rings is 1. The van der Waals surface area contributed by atoms with E-state index in [1.807, 2.05) is 6.07 Å². The Balaban J connectivity index is 1.40. The molecule has 1 fully saturated rings. The van der Waals surface area contributed by atoms with Crippen LogP contribution in [0.1, 0.15) is 71.7 Å². The SMILES string of the molecule is NC1(c2noc(CCC(=O)c3ccc4c(c3)CCCC4)n2)CCC1. The predicted molar refractivity (Wildman–Crippen MR) is 89.7 cm³/mol. The van der Waals surface area contributed by atoms with Gasteiger partial charge in [-0.05, 0) is 62.1 Å². The number of hydrogen-bond acceptors (Lipinski definition) is 5. The fraction of sp³-hybridized carbons (Fsp3) is 0.526. The highest BCUT2D eigenvalue weighted by Crippen LogP contribution is 2.36. The number of carbonyl (C=O) groups is 1. The maximum Gasteiger partial charge on any atom is 0.227 e. The van der Waals surface area contributed by atoms with Gasteiger partial charge in [0.05, 0.1) is 5.54 Å². The Morgan fingerprint density at radius 3 is 2.71 bits per heavy atom.